The summed E-state index contributed by atoms with van der Waals surface area (Å²) < 4.78 is 10.2. The maximum Gasteiger partial charge on any atom is 0.244 e. The van der Waals surface area contributed by atoms with Crippen LogP contribution in [0.25, 0.3) is 0 Å². The Morgan fingerprint density at radius 3 is 3.06 bits per heavy atom. The van der Waals surface area contributed by atoms with Gasteiger partial charge < -0.3 is 20.4 Å². The van der Waals surface area contributed by atoms with Gasteiger partial charge in [0.15, 0.2) is 5.84 Å². The lowest BCUT2D eigenvalue weighted by Gasteiger charge is -2.07. The molecule has 0 bridgehead atoms. The third-order valence-corrected chi connectivity index (χ3v) is 1.80. The summed E-state index contributed by atoms with van der Waals surface area (Å²) in [7, 11) is 1.62. The van der Waals surface area contributed by atoms with Gasteiger partial charge in [-0.1, -0.05) is 5.16 Å². The van der Waals surface area contributed by atoms with Crippen LogP contribution in [-0.2, 0) is 4.74 Å². The summed E-state index contributed by atoms with van der Waals surface area (Å²) in [6, 6.07) is 1.56. The van der Waals surface area contributed by atoms with E-state index in [9.17, 15) is 0 Å². The third kappa shape index (κ3) is 3.35. The fourth-order valence-electron chi connectivity index (χ4n) is 1.05. The molecule has 0 fully saturated rings. The van der Waals surface area contributed by atoms with E-state index in [1.54, 1.807) is 13.2 Å². The minimum Gasteiger partial charge on any atom is -0.476 e. The smallest absolute Gasteiger partial charge is 0.244 e. The van der Waals surface area contributed by atoms with Crippen molar-refractivity contribution in [3.8, 4) is 5.88 Å². The van der Waals surface area contributed by atoms with Crippen molar-refractivity contribution in [2.75, 3.05) is 20.3 Å². The lowest BCUT2D eigenvalue weighted by atomic mass is 10.3. The molecule has 88 valence electrons. The zero-order chi connectivity index (χ0) is 11.8. The standard InChI is InChI=1S/C9H14N4O3/c1-15-5-2-6-16-9-7(8(10)13-14)3-4-11-12-9/h3-4,14H,2,5-6H2,1H3,(H2,10,13). The average Bonchev–Trinajstić information content (AvgIpc) is 2.34. The van der Waals surface area contributed by atoms with Crippen molar-refractivity contribution < 1.29 is 14.7 Å². The molecule has 1 aromatic rings. The molecule has 16 heavy (non-hydrogen) atoms. The Hall–Kier alpha value is -1.89. The summed E-state index contributed by atoms with van der Waals surface area (Å²) in [6.45, 7) is 1.03. The molecule has 7 heteroatoms. The van der Waals surface area contributed by atoms with Crippen molar-refractivity contribution in [2.45, 2.75) is 6.42 Å². The number of nitrogens with two attached hydrogens (primary N) is 1. The molecule has 0 radical (unpaired) electrons. The molecule has 0 aliphatic heterocycles. The second-order valence-corrected chi connectivity index (χ2v) is 2.93. The van der Waals surface area contributed by atoms with Crippen LogP contribution in [0.15, 0.2) is 17.4 Å². The second-order valence-electron chi connectivity index (χ2n) is 2.93. The zero-order valence-corrected chi connectivity index (χ0v) is 8.96. The highest BCUT2D eigenvalue weighted by molar-refractivity contribution is 5.98. The molecule has 1 rings (SSSR count). The van der Waals surface area contributed by atoms with Crippen LogP contribution in [0.3, 0.4) is 0 Å². The Morgan fingerprint density at radius 1 is 1.56 bits per heavy atom. The minimum absolute atomic E-state index is 0.0587. The molecule has 0 atom stereocenters. The van der Waals surface area contributed by atoms with Gasteiger partial charge in [0.2, 0.25) is 5.88 Å². The summed E-state index contributed by atoms with van der Waals surface area (Å²) in [5.41, 5.74) is 5.86. The van der Waals surface area contributed by atoms with E-state index in [1.165, 1.54) is 6.20 Å². The van der Waals surface area contributed by atoms with Crippen LogP contribution in [0.1, 0.15) is 12.0 Å². The summed E-state index contributed by atoms with van der Waals surface area (Å²) in [5.74, 6) is 0.186. The Kier molecular flexibility index (Phi) is 5.00. The Morgan fingerprint density at radius 2 is 2.38 bits per heavy atom. The van der Waals surface area contributed by atoms with Crippen molar-refractivity contribution >= 4 is 5.84 Å². The first-order valence-corrected chi connectivity index (χ1v) is 4.71. The van der Waals surface area contributed by atoms with Crippen molar-refractivity contribution in [1.82, 2.24) is 10.2 Å². The van der Waals surface area contributed by atoms with E-state index in [0.717, 1.165) is 6.42 Å². The van der Waals surface area contributed by atoms with Crippen molar-refractivity contribution in [3.63, 3.8) is 0 Å². The quantitative estimate of drug-likeness (QED) is 0.232. The second kappa shape index (κ2) is 6.57. The molecule has 0 amide bonds. The van der Waals surface area contributed by atoms with Crippen LogP contribution in [0.4, 0.5) is 0 Å². The maximum absolute atomic E-state index is 8.56. The molecule has 0 saturated heterocycles. The molecular weight excluding hydrogens is 212 g/mol. The Labute approximate surface area is 92.9 Å². The summed E-state index contributed by atoms with van der Waals surface area (Å²) in [6.07, 6.45) is 2.16. The molecule has 0 spiro atoms. The van der Waals surface area contributed by atoms with E-state index in [2.05, 4.69) is 15.4 Å². The number of amidine groups is 1. The highest BCUT2D eigenvalue weighted by Gasteiger charge is 2.09. The van der Waals surface area contributed by atoms with E-state index in [4.69, 9.17) is 20.4 Å². The van der Waals surface area contributed by atoms with Gasteiger partial charge in [0.05, 0.1) is 18.4 Å². The zero-order valence-electron chi connectivity index (χ0n) is 8.96. The van der Waals surface area contributed by atoms with Crippen LogP contribution in [0, 0.1) is 0 Å². The third-order valence-electron chi connectivity index (χ3n) is 1.80. The highest BCUT2D eigenvalue weighted by atomic mass is 16.5. The number of aromatic nitrogens is 2. The normalized spacial score (nSPS) is 11.4. The van der Waals surface area contributed by atoms with Crippen LogP contribution in [-0.4, -0.2) is 41.6 Å². The van der Waals surface area contributed by atoms with E-state index < -0.39 is 0 Å². The van der Waals surface area contributed by atoms with Gasteiger partial charge in [-0.3, -0.25) is 0 Å². The predicted octanol–water partition coefficient (Wildman–Crippen LogP) is -0.0136. The van der Waals surface area contributed by atoms with Crippen LogP contribution < -0.4 is 10.5 Å². The number of hydrogen-bond donors (Lipinski definition) is 2. The van der Waals surface area contributed by atoms with Gasteiger partial charge in [-0.2, -0.15) is 5.10 Å². The van der Waals surface area contributed by atoms with E-state index in [-0.39, 0.29) is 11.7 Å². The molecule has 0 saturated carbocycles. The molecule has 1 heterocycles. The van der Waals surface area contributed by atoms with Gasteiger partial charge in [-0.25, -0.2) is 0 Å². The van der Waals surface area contributed by atoms with Crippen LogP contribution >= 0.6 is 0 Å². The van der Waals surface area contributed by atoms with E-state index in [1.807, 2.05) is 0 Å². The minimum atomic E-state index is -0.0587. The van der Waals surface area contributed by atoms with Gasteiger partial charge in [0.25, 0.3) is 0 Å². The molecule has 7 nitrogen and oxygen atoms in total. The van der Waals surface area contributed by atoms with Crippen LogP contribution in [0.2, 0.25) is 0 Å². The molecule has 1 aromatic heterocycles. The molecule has 0 unspecified atom stereocenters. The van der Waals surface area contributed by atoms with Crippen molar-refractivity contribution in [3.05, 3.63) is 17.8 Å². The number of oxime groups is 1. The van der Waals surface area contributed by atoms with Gasteiger partial charge in [0, 0.05) is 20.1 Å². The average molecular weight is 226 g/mol. The maximum atomic E-state index is 8.56. The van der Waals surface area contributed by atoms with Crippen LogP contribution in [0.5, 0.6) is 5.88 Å². The Bertz CT molecular complexity index is 356. The first kappa shape index (κ1) is 12.2. The SMILES string of the molecule is COCCCOc1nnccc1/C(N)=N/O. The van der Waals surface area contributed by atoms with Crippen molar-refractivity contribution in [1.29, 1.82) is 0 Å². The first-order valence-electron chi connectivity index (χ1n) is 4.71. The fourth-order valence-corrected chi connectivity index (χ4v) is 1.05. The molecular formula is C9H14N4O3. The lowest BCUT2D eigenvalue weighted by molar-refractivity contribution is 0.170. The lowest BCUT2D eigenvalue weighted by Crippen LogP contribution is -2.16. The molecule has 0 aromatic carbocycles. The summed E-state index contributed by atoms with van der Waals surface area (Å²) >= 11 is 0. The monoisotopic (exact) mass is 226 g/mol. The topological polar surface area (TPSA) is 103 Å². The number of ether oxygens (including phenoxy) is 2. The summed E-state index contributed by atoms with van der Waals surface area (Å²) in [5, 5.41) is 18.9. The van der Waals surface area contributed by atoms with Gasteiger partial charge >= 0.3 is 0 Å². The molecule has 3 N–H and O–H groups in total. The number of nitrogens with zero attached hydrogens (tertiary/aromatic N) is 3. The number of rotatable bonds is 6. The molecule has 0 aliphatic carbocycles. The highest BCUT2D eigenvalue weighted by Crippen LogP contribution is 2.12. The van der Waals surface area contributed by atoms with Crippen molar-refractivity contribution in [2.24, 2.45) is 10.9 Å². The summed E-state index contributed by atoms with van der Waals surface area (Å²) in [4.78, 5) is 0. The first-order chi connectivity index (χ1) is 7.79. The molecule has 0 aliphatic rings. The van der Waals surface area contributed by atoms with Gasteiger partial charge in [0.1, 0.15) is 0 Å². The fraction of sp³-hybridized carbons (Fsp3) is 0.444. The number of methoxy groups -OCH3 is 1. The number of hydrogen-bond acceptors (Lipinski definition) is 6. The van der Waals surface area contributed by atoms with Gasteiger partial charge in [-0.15, -0.1) is 5.10 Å². The largest absolute Gasteiger partial charge is 0.476 e. The Balaban J connectivity index is 2.64. The van der Waals surface area contributed by atoms with E-state index >= 15 is 0 Å². The van der Waals surface area contributed by atoms with Gasteiger partial charge in [-0.05, 0) is 6.07 Å². The van der Waals surface area contributed by atoms with E-state index in [0.29, 0.717) is 18.8 Å². The predicted molar refractivity (Wildman–Crippen MR) is 56.5 cm³/mol.